The Labute approximate surface area is 108 Å². The van der Waals surface area contributed by atoms with Gasteiger partial charge < -0.3 is 10.6 Å². The number of nitrogens with one attached hydrogen (secondary N) is 1. The molecule has 0 aliphatic rings. The lowest BCUT2D eigenvalue weighted by Crippen LogP contribution is -2.19. The molecule has 1 aromatic carbocycles. The summed E-state index contributed by atoms with van der Waals surface area (Å²) in [5.74, 6) is 0.283. The van der Waals surface area contributed by atoms with Gasteiger partial charge in [-0.1, -0.05) is 23.7 Å². The molecule has 0 saturated carbocycles. The molecule has 0 aliphatic carbocycles. The van der Waals surface area contributed by atoms with Crippen molar-refractivity contribution < 1.29 is 0 Å². The second kappa shape index (κ2) is 7.30. The molecule has 0 aromatic heterocycles. The zero-order chi connectivity index (χ0) is 12.7. The molecule has 94 valence electrons. The van der Waals surface area contributed by atoms with Crippen molar-refractivity contribution in [2.75, 3.05) is 13.6 Å². The van der Waals surface area contributed by atoms with Crippen molar-refractivity contribution in [3.8, 4) is 0 Å². The first-order chi connectivity index (χ1) is 8.08. The number of amidine groups is 1. The van der Waals surface area contributed by atoms with E-state index in [0.29, 0.717) is 6.42 Å². The summed E-state index contributed by atoms with van der Waals surface area (Å²) in [6, 6.07) is 7.93. The zero-order valence-electron chi connectivity index (χ0n) is 10.2. The second-order valence-corrected chi connectivity index (χ2v) is 4.78. The Bertz CT molecular complexity index is 348. The third-order valence-corrected chi connectivity index (χ3v) is 2.85. The molecule has 3 N–H and O–H groups in total. The molecule has 0 bridgehead atoms. The smallest absolute Gasteiger partial charge is 0.0905 e. The standard InChI is InChI=1S/C13H20ClN3/c1-17(9-3-2-4-13(15)16)10-11-5-7-12(14)8-6-11/h5-8H,2-4,9-10H2,1H3,(H3,15,16). The molecule has 0 aliphatic heterocycles. The monoisotopic (exact) mass is 253 g/mol. The summed E-state index contributed by atoms with van der Waals surface area (Å²) in [6.45, 7) is 1.95. The van der Waals surface area contributed by atoms with E-state index in [0.717, 1.165) is 31.0 Å². The number of nitrogens with zero attached hydrogens (tertiary/aromatic N) is 1. The van der Waals surface area contributed by atoms with Gasteiger partial charge in [-0.3, -0.25) is 5.41 Å². The number of hydrogen-bond acceptors (Lipinski definition) is 2. The van der Waals surface area contributed by atoms with Gasteiger partial charge in [0.2, 0.25) is 0 Å². The quantitative estimate of drug-likeness (QED) is 0.446. The highest BCUT2D eigenvalue weighted by molar-refractivity contribution is 6.30. The molecule has 1 aromatic rings. The van der Waals surface area contributed by atoms with Crippen LogP contribution in [0.25, 0.3) is 0 Å². The van der Waals surface area contributed by atoms with Gasteiger partial charge >= 0.3 is 0 Å². The summed E-state index contributed by atoms with van der Waals surface area (Å²) in [7, 11) is 2.10. The van der Waals surface area contributed by atoms with E-state index in [-0.39, 0.29) is 5.84 Å². The van der Waals surface area contributed by atoms with Gasteiger partial charge in [-0.05, 0) is 44.1 Å². The molecule has 4 heteroatoms. The summed E-state index contributed by atoms with van der Waals surface area (Å²) in [5.41, 5.74) is 6.57. The van der Waals surface area contributed by atoms with E-state index in [1.54, 1.807) is 0 Å². The maximum absolute atomic E-state index is 7.13. The highest BCUT2D eigenvalue weighted by atomic mass is 35.5. The fraction of sp³-hybridized carbons (Fsp3) is 0.462. The molecular weight excluding hydrogens is 234 g/mol. The molecule has 0 fully saturated rings. The van der Waals surface area contributed by atoms with Gasteiger partial charge in [-0.25, -0.2) is 0 Å². The lowest BCUT2D eigenvalue weighted by molar-refractivity contribution is 0.319. The topological polar surface area (TPSA) is 53.1 Å². The van der Waals surface area contributed by atoms with Crippen LogP contribution in [0.2, 0.25) is 5.02 Å². The van der Waals surface area contributed by atoms with Crippen molar-refractivity contribution in [3.63, 3.8) is 0 Å². The molecule has 0 amide bonds. The minimum Gasteiger partial charge on any atom is -0.388 e. The predicted molar refractivity (Wildman–Crippen MR) is 73.6 cm³/mol. The maximum Gasteiger partial charge on any atom is 0.0905 e. The van der Waals surface area contributed by atoms with Crippen molar-refractivity contribution >= 4 is 17.4 Å². The Morgan fingerprint density at radius 1 is 1.29 bits per heavy atom. The second-order valence-electron chi connectivity index (χ2n) is 4.35. The molecule has 0 saturated heterocycles. The molecular formula is C13H20ClN3. The van der Waals surface area contributed by atoms with E-state index in [4.69, 9.17) is 22.7 Å². The summed E-state index contributed by atoms with van der Waals surface area (Å²) >= 11 is 5.83. The number of halogens is 1. The highest BCUT2D eigenvalue weighted by Gasteiger charge is 2.00. The number of hydrogen-bond donors (Lipinski definition) is 2. The van der Waals surface area contributed by atoms with Gasteiger partial charge in [0.1, 0.15) is 0 Å². The summed E-state index contributed by atoms with van der Waals surface area (Å²) < 4.78 is 0. The SMILES string of the molecule is CN(CCCCC(=N)N)Cc1ccc(Cl)cc1. The lowest BCUT2D eigenvalue weighted by atomic mass is 10.2. The van der Waals surface area contributed by atoms with Crippen LogP contribution in [0, 0.1) is 5.41 Å². The van der Waals surface area contributed by atoms with E-state index < -0.39 is 0 Å². The maximum atomic E-state index is 7.13. The fourth-order valence-corrected chi connectivity index (χ4v) is 1.80. The number of benzene rings is 1. The van der Waals surface area contributed by atoms with Crippen molar-refractivity contribution in [2.45, 2.75) is 25.8 Å². The van der Waals surface area contributed by atoms with Crippen molar-refractivity contribution in [2.24, 2.45) is 5.73 Å². The van der Waals surface area contributed by atoms with Crippen LogP contribution in [0.15, 0.2) is 24.3 Å². The molecule has 0 atom stereocenters. The third-order valence-electron chi connectivity index (χ3n) is 2.60. The molecule has 17 heavy (non-hydrogen) atoms. The van der Waals surface area contributed by atoms with Crippen LogP contribution in [0.4, 0.5) is 0 Å². The van der Waals surface area contributed by atoms with Gasteiger partial charge in [-0.15, -0.1) is 0 Å². The number of rotatable bonds is 7. The summed E-state index contributed by atoms with van der Waals surface area (Å²) in [6.07, 6.45) is 2.76. The van der Waals surface area contributed by atoms with E-state index >= 15 is 0 Å². The van der Waals surface area contributed by atoms with Gasteiger partial charge in [0, 0.05) is 18.0 Å². The molecule has 0 unspecified atom stereocenters. The zero-order valence-corrected chi connectivity index (χ0v) is 11.0. The van der Waals surface area contributed by atoms with Gasteiger partial charge in [0.05, 0.1) is 5.84 Å². The Balaban J connectivity index is 2.22. The first kappa shape index (κ1) is 14.0. The van der Waals surface area contributed by atoms with E-state index in [9.17, 15) is 0 Å². The van der Waals surface area contributed by atoms with Crippen LogP contribution in [0.1, 0.15) is 24.8 Å². The summed E-state index contributed by atoms with van der Waals surface area (Å²) in [5, 5.41) is 7.91. The number of nitrogens with two attached hydrogens (primary N) is 1. The van der Waals surface area contributed by atoms with Crippen LogP contribution < -0.4 is 5.73 Å². The van der Waals surface area contributed by atoms with Crippen molar-refractivity contribution in [3.05, 3.63) is 34.9 Å². The Morgan fingerprint density at radius 2 is 1.94 bits per heavy atom. The Morgan fingerprint density at radius 3 is 2.53 bits per heavy atom. The van der Waals surface area contributed by atoms with E-state index in [2.05, 4.69) is 24.1 Å². The van der Waals surface area contributed by atoms with Crippen LogP contribution in [-0.4, -0.2) is 24.3 Å². The average molecular weight is 254 g/mol. The molecule has 0 heterocycles. The molecule has 1 rings (SSSR count). The van der Waals surface area contributed by atoms with Crippen LogP contribution in [0.3, 0.4) is 0 Å². The molecule has 0 radical (unpaired) electrons. The van der Waals surface area contributed by atoms with E-state index in [1.807, 2.05) is 12.1 Å². The van der Waals surface area contributed by atoms with Crippen LogP contribution in [-0.2, 0) is 6.54 Å². The van der Waals surface area contributed by atoms with Gasteiger partial charge in [-0.2, -0.15) is 0 Å². The minimum atomic E-state index is 0.283. The third kappa shape index (κ3) is 6.29. The fourth-order valence-electron chi connectivity index (χ4n) is 1.68. The van der Waals surface area contributed by atoms with Crippen molar-refractivity contribution in [1.82, 2.24) is 4.90 Å². The summed E-state index contributed by atoms with van der Waals surface area (Å²) in [4.78, 5) is 2.27. The van der Waals surface area contributed by atoms with Crippen molar-refractivity contribution in [1.29, 1.82) is 5.41 Å². The minimum absolute atomic E-state index is 0.283. The first-order valence-corrected chi connectivity index (χ1v) is 6.21. The predicted octanol–water partition coefficient (Wildman–Crippen LogP) is 2.88. The molecule has 3 nitrogen and oxygen atoms in total. The normalized spacial score (nSPS) is 10.8. The highest BCUT2D eigenvalue weighted by Crippen LogP contribution is 2.11. The van der Waals surface area contributed by atoms with Gasteiger partial charge in [0.15, 0.2) is 0 Å². The Kier molecular flexibility index (Phi) is 6.01. The average Bonchev–Trinajstić information content (AvgIpc) is 2.27. The Hall–Kier alpha value is -1.06. The molecule has 0 spiro atoms. The lowest BCUT2D eigenvalue weighted by Gasteiger charge is -2.16. The van der Waals surface area contributed by atoms with Crippen LogP contribution >= 0.6 is 11.6 Å². The first-order valence-electron chi connectivity index (χ1n) is 5.84. The largest absolute Gasteiger partial charge is 0.388 e. The van der Waals surface area contributed by atoms with E-state index in [1.165, 1.54) is 5.56 Å². The van der Waals surface area contributed by atoms with Gasteiger partial charge in [0.25, 0.3) is 0 Å². The number of unbranched alkanes of at least 4 members (excludes halogenated alkanes) is 1. The van der Waals surface area contributed by atoms with Crippen LogP contribution in [0.5, 0.6) is 0 Å².